The van der Waals surface area contributed by atoms with Gasteiger partial charge in [0, 0.05) is 18.8 Å². The van der Waals surface area contributed by atoms with Gasteiger partial charge in [0.05, 0.1) is 7.11 Å². The molecule has 1 aliphatic rings. The normalized spacial score (nSPS) is 18.1. The van der Waals surface area contributed by atoms with Crippen LogP contribution in [-0.2, 0) is 0 Å². The van der Waals surface area contributed by atoms with E-state index in [9.17, 15) is 4.79 Å². The zero-order valence-electron chi connectivity index (χ0n) is 12.3. The van der Waals surface area contributed by atoms with Gasteiger partial charge < -0.3 is 15.0 Å². The molecule has 2 amide bonds. The molecule has 0 saturated carbocycles. The molecule has 0 spiro atoms. The number of carbonyl (C=O) groups is 1. The van der Waals surface area contributed by atoms with E-state index in [0.717, 1.165) is 42.3 Å². The Bertz CT molecular complexity index is 479. The average molecular weight is 294 g/mol. The van der Waals surface area contributed by atoms with Gasteiger partial charge >= 0.3 is 6.03 Å². The number of urea groups is 1. The van der Waals surface area contributed by atoms with Crippen molar-refractivity contribution in [2.75, 3.05) is 37.5 Å². The fraction of sp³-hybridized carbons (Fsp3) is 0.533. The summed E-state index contributed by atoms with van der Waals surface area (Å²) in [6.45, 7) is 3.69. The predicted octanol–water partition coefficient (Wildman–Crippen LogP) is 3.22. The van der Waals surface area contributed by atoms with Crippen LogP contribution in [0.5, 0.6) is 5.75 Å². The van der Waals surface area contributed by atoms with E-state index in [2.05, 4.69) is 11.6 Å². The second-order valence-electron chi connectivity index (χ2n) is 5.17. The number of thioether (sulfide) groups is 1. The van der Waals surface area contributed by atoms with Crippen LogP contribution in [-0.4, -0.2) is 43.1 Å². The molecule has 0 aliphatic carbocycles. The lowest BCUT2D eigenvalue weighted by Gasteiger charge is -2.18. The standard InChI is InChI=1S/C15H22N2O2S/c1-11-8-13(4-5-14(11)19-2)16-15(18)17-7-6-12(9-17)10-20-3/h4-5,8,12H,6-7,9-10H2,1-3H3,(H,16,18)/t12-/m0/s1. The molecule has 0 aromatic heterocycles. The van der Waals surface area contributed by atoms with Crippen LogP contribution in [0.2, 0.25) is 0 Å². The van der Waals surface area contributed by atoms with Crippen LogP contribution in [0.1, 0.15) is 12.0 Å². The molecule has 110 valence electrons. The number of methoxy groups -OCH3 is 1. The Morgan fingerprint density at radius 1 is 1.55 bits per heavy atom. The number of nitrogens with one attached hydrogen (secondary N) is 1. The highest BCUT2D eigenvalue weighted by Crippen LogP contribution is 2.23. The summed E-state index contributed by atoms with van der Waals surface area (Å²) >= 11 is 1.85. The van der Waals surface area contributed by atoms with Crippen LogP contribution in [0.15, 0.2) is 18.2 Å². The molecule has 20 heavy (non-hydrogen) atoms. The Hall–Kier alpha value is -1.36. The number of rotatable bonds is 4. The van der Waals surface area contributed by atoms with Crippen molar-refractivity contribution in [2.45, 2.75) is 13.3 Å². The number of carbonyl (C=O) groups excluding carboxylic acids is 1. The number of amides is 2. The van der Waals surface area contributed by atoms with Crippen LogP contribution in [0.25, 0.3) is 0 Å². The molecule has 4 nitrogen and oxygen atoms in total. The topological polar surface area (TPSA) is 41.6 Å². The first kappa shape index (κ1) is 15.0. The van der Waals surface area contributed by atoms with E-state index in [1.165, 1.54) is 0 Å². The van der Waals surface area contributed by atoms with Gasteiger partial charge in [0.15, 0.2) is 0 Å². The van der Waals surface area contributed by atoms with E-state index < -0.39 is 0 Å². The molecule has 0 unspecified atom stereocenters. The number of hydrogen-bond donors (Lipinski definition) is 1. The van der Waals surface area contributed by atoms with E-state index in [1.54, 1.807) is 7.11 Å². The largest absolute Gasteiger partial charge is 0.496 e. The minimum absolute atomic E-state index is 0.00169. The smallest absolute Gasteiger partial charge is 0.321 e. The van der Waals surface area contributed by atoms with Crippen molar-refractivity contribution in [2.24, 2.45) is 5.92 Å². The number of likely N-dealkylation sites (tertiary alicyclic amines) is 1. The molecule has 1 N–H and O–H groups in total. The first-order valence-electron chi connectivity index (χ1n) is 6.83. The fourth-order valence-electron chi connectivity index (χ4n) is 2.55. The maximum Gasteiger partial charge on any atom is 0.321 e. The van der Waals surface area contributed by atoms with Crippen molar-refractivity contribution in [1.29, 1.82) is 0 Å². The zero-order chi connectivity index (χ0) is 14.5. The number of anilines is 1. The quantitative estimate of drug-likeness (QED) is 0.927. The lowest BCUT2D eigenvalue weighted by molar-refractivity contribution is 0.221. The summed E-state index contributed by atoms with van der Waals surface area (Å²) < 4.78 is 5.22. The summed E-state index contributed by atoms with van der Waals surface area (Å²) in [7, 11) is 1.65. The molecule has 1 heterocycles. The van der Waals surface area contributed by atoms with Gasteiger partial charge in [0.1, 0.15) is 5.75 Å². The molecule has 1 aliphatic heterocycles. The van der Waals surface area contributed by atoms with Gasteiger partial charge in [-0.1, -0.05) is 0 Å². The predicted molar refractivity (Wildman–Crippen MR) is 84.8 cm³/mol. The first-order valence-corrected chi connectivity index (χ1v) is 8.23. The van der Waals surface area contributed by atoms with Crippen molar-refractivity contribution in [3.63, 3.8) is 0 Å². The van der Waals surface area contributed by atoms with Crippen LogP contribution >= 0.6 is 11.8 Å². The van der Waals surface area contributed by atoms with Crippen molar-refractivity contribution in [1.82, 2.24) is 4.90 Å². The zero-order valence-corrected chi connectivity index (χ0v) is 13.1. The summed E-state index contributed by atoms with van der Waals surface area (Å²) in [5.41, 5.74) is 1.84. The summed E-state index contributed by atoms with van der Waals surface area (Å²) in [5, 5.41) is 2.96. The minimum atomic E-state index is -0.00169. The summed E-state index contributed by atoms with van der Waals surface area (Å²) in [6.07, 6.45) is 3.22. The van der Waals surface area contributed by atoms with Crippen LogP contribution in [0, 0.1) is 12.8 Å². The fourth-order valence-corrected chi connectivity index (χ4v) is 3.29. The summed E-state index contributed by atoms with van der Waals surface area (Å²) in [4.78, 5) is 14.1. The van der Waals surface area contributed by atoms with Gasteiger partial charge in [0.25, 0.3) is 0 Å². The molecule has 0 radical (unpaired) electrons. The Balaban J connectivity index is 1.93. The van der Waals surface area contributed by atoms with Crippen molar-refractivity contribution in [3.8, 4) is 5.75 Å². The van der Waals surface area contributed by atoms with E-state index in [1.807, 2.05) is 41.8 Å². The molecule has 1 fully saturated rings. The minimum Gasteiger partial charge on any atom is -0.496 e. The molecule has 1 aromatic carbocycles. The molecule has 1 aromatic rings. The third-order valence-corrected chi connectivity index (χ3v) is 4.43. The van der Waals surface area contributed by atoms with Crippen molar-refractivity contribution in [3.05, 3.63) is 23.8 Å². The monoisotopic (exact) mass is 294 g/mol. The van der Waals surface area contributed by atoms with Crippen molar-refractivity contribution < 1.29 is 9.53 Å². The van der Waals surface area contributed by atoms with Crippen LogP contribution in [0.3, 0.4) is 0 Å². The van der Waals surface area contributed by atoms with Crippen LogP contribution in [0.4, 0.5) is 10.5 Å². The van der Waals surface area contributed by atoms with Gasteiger partial charge in [-0.05, 0) is 55.0 Å². The average Bonchev–Trinajstić information content (AvgIpc) is 2.88. The highest BCUT2D eigenvalue weighted by molar-refractivity contribution is 7.98. The lowest BCUT2D eigenvalue weighted by atomic mass is 10.2. The first-order chi connectivity index (χ1) is 9.63. The summed E-state index contributed by atoms with van der Waals surface area (Å²) in [5.74, 6) is 2.60. The molecule has 5 heteroatoms. The Morgan fingerprint density at radius 3 is 3.00 bits per heavy atom. The highest BCUT2D eigenvalue weighted by atomic mass is 32.2. The van der Waals surface area contributed by atoms with E-state index in [4.69, 9.17) is 4.74 Å². The van der Waals surface area contributed by atoms with Gasteiger partial charge in [-0.3, -0.25) is 0 Å². The second kappa shape index (κ2) is 6.88. The molecular formula is C15H22N2O2S. The van der Waals surface area contributed by atoms with Gasteiger partial charge in [-0.2, -0.15) is 11.8 Å². The summed E-state index contributed by atoms with van der Waals surface area (Å²) in [6, 6.07) is 5.69. The Morgan fingerprint density at radius 2 is 2.35 bits per heavy atom. The van der Waals surface area contributed by atoms with Gasteiger partial charge in [-0.25, -0.2) is 4.79 Å². The SMILES string of the molecule is COc1ccc(NC(=O)N2CC[C@H](CSC)C2)cc1C. The number of aryl methyl sites for hydroxylation is 1. The molecule has 1 atom stereocenters. The van der Waals surface area contributed by atoms with E-state index in [0.29, 0.717) is 5.92 Å². The molecule has 2 rings (SSSR count). The third-order valence-electron chi connectivity index (χ3n) is 3.62. The highest BCUT2D eigenvalue weighted by Gasteiger charge is 2.25. The van der Waals surface area contributed by atoms with E-state index in [-0.39, 0.29) is 6.03 Å². The maximum atomic E-state index is 12.2. The third kappa shape index (κ3) is 3.60. The van der Waals surface area contributed by atoms with Gasteiger partial charge in [0.2, 0.25) is 0 Å². The molecular weight excluding hydrogens is 272 g/mol. The maximum absolute atomic E-state index is 12.2. The van der Waals surface area contributed by atoms with Crippen LogP contribution < -0.4 is 10.1 Å². The number of nitrogens with zero attached hydrogens (tertiary/aromatic N) is 1. The van der Waals surface area contributed by atoms with Crippen molar-refractivity contribution >= 4 is 23.5 Å². The number of ether oxygens (including phenoxy) is 1. The number of benzene rings is 1. The second-order valence-corrected chi connectivity index (χ2v) is 6.08. The lowest BCUT2D eigenvalue weighted by Crippen LogP contribution is -2.33. The Labute approximate surface area is 124 Å². The van der Waals surface area contributed by atoms with E-state index >= 15 is 0 Å². The Kier molecular flexibility index (Phi) is 5.17. The molecule has 1 saturated heterocycles. The number of hydrogen-bond acceptors (Lipinski definition) is 3. The molecule has 0 bridgehead atoms. The van der Waals surface area contributed by atoms with Gasteiger partial charge in [-0.15, -0.1) is 0 Å².